The minimum atomic E-state index is 0.0729. The molecule has 1 aromatic heterocycles. The molecule has 0 spiro atoms. The van der Waals surface area contributed by atoms with Gasteiger partial charge < -0.3 is 14.7 Å². The van der Waals surface area contributed by atoms with E-state index >= 15 is 0 Å². The van der Waals surface area contributed by atoms with Gasteiger partial charge in [-0.1, -0.05) is 201 Å². The molecule has 0 aliphatic heterocycles. The first kappa shape index (κ1) is 46.8. The van der Waals surface area contributed by atoms with E-state index in [-0.39, 0.29) is 12.0 Å². The van der Waals surface area contributed by atoms with E-state index in [1.165, 1.54) is 37.9 Å². The lowest BCUT2D eigenvalue weighted by Crippen LogP contribution is -2.35. The maximum absolute atomic E-state index is 5.42. The number of hydrogen-bond acceptors (Lipinski definition) is 6. The van der Waals surface area contributed by atoms with Gasteiger partial charge in [0.2, 0.25) is 0 Å². The van der Waals surface area contributed by atoms with Crippen LogP contribution in [-0.4, -0.2) is 21.0 Å². The molecule has 6 nitrogen and oxygen atoms in total. The standard InChI is InChI=1S/C71H54N6/c1-50-19-8-15-36-68(50)77(67-42-40-54-22-11-14-25-57(54)45-67)65-35-18-28-60(48-65)71-73-69(58-26-16-33-63(46-58)75(61-29-4-2-5-30-61)49-51-37-38-52-20-9-12-23-55(52)43-51)72-70(74-71)59-27-17-34-64(47-59)76(62-31-6-3-7-32-62)66-41-39-53-21-10-13-24-56(53)44-66/h2-48,50,68H,49H2,1H3. The first-order valence-electron chi connectivity index (χ1n) is 26.4. The average Bonchev–Trinajstić information content (AvgIpc) is 3.49. The summed E-state index contributed by atoms with van der Waals surface area (Å²) < 4.78 is 0. The summed E-state index contributed by atoms with van der Waals surface area (Å²) in [5.41, 5.74) is 11.2. The maximum atomic E-state index is 5.42. The number of anilines is 7. The summed E-state index contributed by atoms with van der Waals surface area (Å²) in [6, 6.07) is 92.9. The van der Waals surface area contributed by atoms with E-state index in [4.69, 9.17) is 15.0 Å². The molecule has 1 heterocycles. The topological polar surface area (TPSA) is 48.4 Å². The normalized spacial score (nSPS) is 14.0. The van der Waals surface area contributed by atoms with Crippen molar-refractivity contribution in [1.29, 1.82) is 0 Å². The van der Waals surface area contributed by atoms with Crippen LogP contribution in [0.5, 0.6) is 0 Å². The molecule has 0 saturated heterocycles. The molecule has 11 aromatic carbocycles. The number of benzene rings is 11. The molecule has 368 valence electrons. The average molecular weight is 991 g/mol. The van der Waals surface area contributed by atoms with Crippen LogP contribution in [0.15, 0.2) is 285 Å². The molecule has 1 aliphatic rings. The van der Waals surface area contributed by atoms with Crippen LogP contribution in [0, 0.1) is 5.92 Å². The summed E-state index contributed by atoms with van der Waals surface area (Å²) in [4.78, 5) is 23.4. The molecule has 2 unspecified atom stereocenters. The highest BCUT2D eigenvalue weighted by Gasteiger charge is 2.26. The molecule has 6 heteroatoms. The minimum absolute atomic E-state index is 0.0729. The highest BCUT2D eigenvalue weighted by atomic mass is 15.2. The molecule has 1 aliphatic carbocycles. The van der Waals surface area contributed by atoms with Gasteiger partial charge in [-0.25, -0.2) is 15.0 Å². The Kier molecular flexibility index (Phi) is 12.6. The smallest absolute Gasteiger partial charge is 0.164 e. The lowest BCUT2D eigenvalue weighted by molar-refractivity contribution is 0.609. The molecule has 0 N–H and O–H groups in total. The Morgan fingerprint density at radius 1 is 0.325 bits per heavy atom. The molecule has 2 atom stereocenters. The maximum Gasteiger partial charge on any atom is 0.164 e. The molecular formula is C71H54N6. The Morgan fingerprint density at radius 3 is 1.34 bits per heavy atom. The third-order valence-electron chi connectivity index (χ3n) is 14.7. The van der Waals surface area contributed by atoms with Crippen LogP contribution in [0.2, 0.25) is 0 Å². The van der Waals surface area contributed by atoms with Crippen molar-refractivity contribution in [3.05, 3.63) is 291 Å². The zero-order chi connectivity index (χ0) is 51.5. The van der Waals surface area contributed by atoms with Gasteiger partial charge in [-0.3, -0.25) is 0 Å². The van der Waals surface area contributed by atoms with Gasteiger partial charge in [-0.2, -0.15) is 0 Å². The van der Waals surface area contributed by atoms with Crippen molar-refractivity contribution >= 4 is 72.1 Å². The van der Waals surface area contributed by atoms with Crippen LogP contribution in [-0.2, 0) is 6.54 Å². The number of rotatable bonds is 13. The lowest BCUT2D eigenvalue weighted by Gasteiger charge is -2.36. The predicted molar refractivity (Wildman–Crippen MR) is 322 cm³/mol. The fourth-order valence-electron chi connectivity index (χ4n) is 10.8. The third-order valence-corrected chi connectivity index (χ3v) is 14.7. The van der Waals surface area contributed by atoms with E-state index in [2.05, 4.69) is 307 Å². The van der Waals surface area contributed by atoms with E-state index in [1.54, 1.807) is 0 Å². The Morgan fingerprint density at radius 2 is 0.740 bits per heavy atom. The van der Waals surface area contributed by atoms with Crippen LogP contribution in [0.25, 0.3) is 66.5 Å². The lowest BCUT2D eigenvalue weighted by atomic mass is 9.94. The number of fused-ring (bicyclic) bond motifs is 3. The van der Waals surface area contributed by atoms with Crippen molar-refractivity contribution < 1.29 is 0 Å². The van der Waals surface area contributed by atoms with Gasteiger partial charge in [-0.15, -0.1) is 0 Å². The summed E-state index contributed by atoms with van der Waals surface area (Å²) in [6.45, 7) is 2.95. The quantitative estimate of drug-likeness (QED) is 0.115. The molecule has 12 aromatic rings. The Balaban J connectivity index is 0.959. The van der Waals surface area contributed by atoms with Crippen LogP contribution >= 0.6 is 0 Å². The highest BCUT2D eigenvalue weighted by Crippen LogP contribution is 2.40. The molecule has 77 heavy (non-hydrogen) atoms. The van der Waals surface area contributed by atoms with Crippen LogP contribution in [0.3, 0.4) is 0 Å². The molecule has 0 radical (unpaired) electrons. The monoisotopic (exact) mass is 990 g/mol. The largest absolute Gasteiger partial charge is 0.337 e. The molecule has 13 rings (SSSR count). The first-order chi connectivity index (χ1) is 38.0. The van der Waals surface area contributed by atoms with Gasteiger partial charge in [0.05, 0.1) is 6.04 Å². The third kappa shape index (κ3) is 9.72. The molecule has 0 saturated carbocycles. The summed E-state index contributed by atoms with van der Waals surface area (Å²) in [5, 5.41) is 7.21. The molecule has 0 bridgehead atoms. The molecule has 0 amide bonds. The second kappa shape index (κ2) is 20.8. The van der Waals surface area contributed by atoms with Gasteiger partial charge >= 0.3 is 0 Å². The second-order valence-corrected chi connectivity index (χ2v) is 19.8. The number of nitrogens with zero attached hydrogens (tertiary/aromatic N) is 6. The second-order valence-electron chi connectivity index (χ2n) is 19.8. The Hall–Kier alpha value is -9.91. The van der Waals surface area contributed by atoms with Crippen LogP contribution in [0.4, 0.5) is 39.8 Å². The number of para-hydroxylation sites is 2. The van der Waals surface area contributed by atoms with Gasteiger partial charge in [0.25, 0.3) is 0 Å². The van der Waals surface area contributed by atoms with Crippen LogP contribution in [0.1, 0.15) is 12.5 Å². The van der Waals surface area contributed by atoms with Crippen molar-refractivity contribution in [2.24, 2.45) is 5.92 Å². The fraction of sp³-hybridized carbons (Fsp3) is 0.0563. The zero-order valence-electron chi connectivity index (χ0n) is 42.7. The zero-order valence-corrected chi connectivity index (χ0v) is 42.7. The highest BCUT2D eigenvalue weighted by molar-refractivity contribution is 5.91. The molecule has 0 fully saturated rings. The van der Waals surface area contributed by atoms with E-state index < -0.39 is 0 Å². The van der Waals surface area contributed by atoms with E-state index in [0.717, 1.165) is 56.5 Å². The van der Waals surface area contributed by atoms with E-state index in [0.29, 0.717) is 24.0 Å². The van der Waals surface area contributed by atoms with Crippen molar-refractivity contribution in [1.82, 2.24) is 15.0 Å². The van der Waals surface area contributed by atoms with Crippen molar-refractivity contribution in [3.8, 4) is 34.2 Å². The van der Waals surface area contributed by atoms with Gasteiger partial charge in [-0.05, 0) is 135 Å². The Bertz CT molecular complexity index is 4150. The number of hydrogen-bond donors (Lipinski definition) is 0. The summed E-state index contributed by atoms with van der Waals surface area (Å²) in [5.74, 6) is 1.99. The SMILES string of the molecule is CC1C=CC=CC1N(c1cccc(-c2nc(-c3cccc(N(Cc4ccc5ccccc5c4)c4ccccc4)c3)nc(-c3cccc(N(c4ccccc4)c4ccc5ccccc5c4)c3)n2)c1)c1ccc2ccccc2c1. The van der Waals surface area contributed by atoms with Gasteiger partial charge in [0, 0.05) is 63.0 Å². The van der Waals surface area contributed by atoms with E-state index in [9.17, 15) is 0 Å². The summed E-state index contributed by atoms with van der Waals surface area (Å²) in [7, 11) is 0. The molecular weight excluding hydrogens is 937 g/mol. The predicted octanol–water partition coefficient (Wildman–Crippen LogP) is 18.4. The first-order valence-corrected chi connectivity index (χ1v) is 26.4. The van der Waals surface area contributed by atoms with Crippen molar-refractivity contribution in [2.75, 3.05) is 14.7 Å². The summed E-state index contributed by atoms with van der Waals surface area (Å²) in [6.07, 6.45) is 8.91. The van der Waals surface area contributed by atoms with E-state index in [1.807, 2.05) is 0 Å². The minimum Gasteiger partial charge on any atom is -0.337 e. The van der Waals surface area contributed by atoms with Crippen molar-refractivity contribution in [3.63, 3.8) is 0 Å². The van der Waals surface area contributed by atoms with Crippen molar-refractivity contribution in [2.45, 2.75) is 19.5 Å². The number of aromatic nitrogens is 3. The van der Waals surface area contributed by atoms with Crippen LogP contribution < -0.4 is 14.7 Å². The fourth-order valence-corrected chi connectivity index (χ4v) is 10.8. The Labute approximate surface area is 449 Å². The number of allylic oxidation sites excluding steroid dienone is 2. The van der Waals surface area contributed by atoms with Gasteiger partial charge in [0.15, 0.2) is 17.5 Å². The summed E-state index contributed by atoms with van der Waals surface area (Å²) >= 11 is 0. The van der Waals surface area contributed by atoms with Gasteiger partial charge in [0.1, 0.15) is 0 Å².